The quantitative estimate of drug-likeness (QED) is 0.801. The molecule has 0 aliphatic heterocycles. The van der Waals surface area contributed by atoms with Gasteiger partial charge >= 0.3 is 5.97 Å². The molecule has 0 amide bonds. The van der Waals surface area contributed by atoms with E-state index in [1.165, 1.54) is 0 Å². The first-order valence-electron chi connectivity index (χ1n) is 6.20. The van der Waals surface area contributed by atoms with Gasteiger partial charge in [-0.1, -0.05) is 57.5 Å². The van der Waals surface area contributed by atoms with Gasteiger partial charge in [-0.15, -0.1) is 0 Å². The van der Waals surface area contributed by atoms with Crippen LogP contribution in [-0.4, -0.2) is 12.0 Å². The molecule has 0 aliphatic rings. The molecule has 17 heavy (non-hydrogen) atoms. The monoisotopic (exact) mass is 237 g/mol. The van der Waals surface area contributed by atoms with Crippen LogP contribution in [-0.2, 0) is 16.1 Å². The maximum atomic E-state index is 11.4. The Kier molecular flexibility index (Phi) is 9.06. The van der Waals surface area contributed by atoms with Crippen LogP contribution in [0.1, 0.15) is 39.2 Å². The third-order valence-electron chi connectivity index (χ3n) is 2.13. The summed E-state index contributed by atoms with van der Waals surface area (Å²) in [6, 6.07) is 9.09. The van der Waals surface area contributed by atoms with Gasteiger partial charge in [-0.05, 0) is 12.0 Å². The highest BCUT2D eigenvalue weighted by molar-refractivity contribution is 5.75. The summed E-state index contributed by atoms with van der Waals surface area (Å²) in [5.74, 6) is -0.319. The lowest BCUT2D eigenvalue weighted by Crippen LogP contribution is -2.31. The molecule has 0 heterocycles. The van der Waals surface area contributed by atoms with Crippen molar-refractivity contribution in [2.75, 3.05) is 0 Å². The predicted molar refractivity (Wildman–Crippen MR) is 70.5 cm³/mol. The van der Waals surface area contributed by atoms with Crippen LogP contribution >= 0.6 is 0 Å². The molecule has 3 nitrogen and oxygen atoms in total. The highest BCUT2D eigenvalue weighted by atomic mass is 16.5. The minimum absolute atomic E-state index is 0.303. The van der Waals surface area contributed by atoms with Crippen molar-refractivity contribution in [1.82, 2.24) is 0 Å². The van der Waals surface area contributed by atoms with Crippen LogP contribution in [0, 0.1) is 0 Å². The van der Waals surface area contributed by atoms with Gasteiger partial charge in [-0.25, -0.2) is 0 Å². The van der Waals surface area contributed by atoms with E-state index in [4.69, 9.17) is 10.5 Å². The average molecular weight is 237 g/mol. The SMILES string of the molecule is CC.CCC[C@H](N)C(=O)OCc1ccccc1. The maximum Gasteiger partial charge on any atom is 0.323 e. The Balaban J connectivity index is 0.00000121. The highest BCUT2D eigenvalue weighted by Crippen LogP contribution is 2.03. The van der Waals surface area contributed by atoms with Crippen LogP contribution < -0.4 is 5.73 Å². The minimum atomic E-state index is -0.487. The van der Waals surface area contributed by atoms with E-state index in [2.05, 4.69) is 0 Å². The van der Waals surface area contributed by atoms with Crippen molar-refractivity contribution in [2.45, 2.75) is 46.3 Å². The molecule has 0 radical (unpaired) electrons. The smallest absolute Gasteiger partial charge is 0.323 e. The van der Waals surface area contributed by atoms with E-state index in [0.29, 0.717) is 13.0 Å². The molecule has 0 unspecified atom stereocenters. The van der Waals surface area contributed by atoms with E-state index >= 15 is 0 Å². The number of carbonyl (C=O) groups is 1. The minimum Gasteiger partial charge on any atom is -0.460 e. The third-order valence-corrected chi connectivity index (χ3v) is 2.13. The Hall–Kier alpha value is -1.35. The van der Waals surface area contributed by atoms with Gasteiger partial charge < -0.3 is 10.5 Å². The first-order chi connectivity index (χ1) is 8.24. The van der Waals surface area contributed by atoms with Crippen molar-refractivity contribution in [3.8, 4) is 0 Å². The second-order valence-electron chi connectivity index (χ2n) is 3.49. The van der Waals surface area contributed by atoms with E-state index in [1.807, 2.05) is 51.1 Å². The number of rotatable bonds is 5. The fourth-order valence-corrected chi connectivity index (χ4v) is 1.26. The van der Waals surface area contributed by atoms with E-state index < -0.39 is 6.04 Å². The van der Waals surface area contributed by atoms with Crippen LogP contribution in [0.3, 0.4) is 0 Å². The summed E-state index contributed by atoms with van der Waals surface area (Å²) in [6.07, 6.45) is 1.56. The fourth-order valence-electron chi connectivity index (χ4n) is 1.26. The van der Waals surface area contributed by atoms with Gasteiger partial charge in [-0.3, -0.25) is 4.79 Å². The van der Waals surface area contributed by atoms with Gasteiger partial charge in [-0.2, -0.15) is 0 Å². The van der Waals surface area contributed by atoms with Gasteiger partial charge in [0.1, 0.15) is 12.6 Å². The summed E-state index contributed by atoms with van der Waals surface area (Å²) in [6.45, 7) is 6.29. The van der Waals surface area contributed by atoms with Crippen LogP contribution in [0.2, 0.25) is 0 Å². The lowest BCUT2D eigenvalue weighted by atomic mass is 10.2. The lowest BCUT2D eigenvalue weighted by Gasteiger charge is -2.10. The number of esters is 1. The highest BCUT2D eigenvalue weighted by Gasteiger charge is 2.13. The lowest BCUT2D eigenvalue weighted by molar-refractivity contribution is -0.146. The summed E-state index contributed by atoms with van der Waals surface area (Å²) < 4.78 is 5.08. The number of ether oxygens (including phenoxy) is 1. The molecule has 1 atom stereocenters. The van der Waals surface area contributed by atoms with Crippen molar-refractivity contribution in [1.29, 1.82) is 0 Å². The Morgan fingerprint density at radius 2 is 1.88 bits per heavy atom. The van der Waals surface area contributed by atoms with Crippen molar-refractivity contribution >= 4 is 5.97 Å². The van der Waals surface area contributed by atoms with Crippen LogP contribution in [0.4, 0.5) is 0 Å². The van der Waals surface area contributed by atoms with E-state index in [-0.39, 0.29) is 5.97 Å². The predicted octanol–water partition coefficient (Wildman–Crippen LogP) is 2.88. The Morgan fingerprint density at radius 1 is 1.29 bits per heavy atom. The number of carbonyl (C=O) groups excluding carboxylic acids is 1. The molecule has 0 saturated carbocycles. The molecule has 0 spiro atoms. The van der Waals surface area contributed by atoms with Crippen LogP contribution in [0.5, 0.6) is 0 Å². The van der Waals surface area contributed by atoms with Crippen LogP contribution in [0.25, 0.3) is 0 Å². The number of hydrogen-bond acceptors (Lipinski definition) is 3. The topological polar surface area (TPSA) is 52.3 Å². The van der Waals surface area contributed by atoms with Crippen molar-refractivity contribution < 1.29 is 9.53 Å². The average Bonchev–Trinajstić information content (AvgIpc) is 2.40. The zero-order valence-corrected chi connectivity index (χ0v) is 11.0. The number of nitrogens with two attached hydrogens (primary N) is 1. The molecule has 2 N–H and O–H groups in total. The molecule has 0 fully saturated rings. The molecule has 0 aromatic heterocycles. The van der Waals surface area contributed by atoms with E-state index in [1.54, 1.807) is 0 Å². The molecule has 0 bridgehead atoms. The fraction of sp³-hybridized carbons (Fsp3) is 0.500. The first kappa shape index (κ1) is 15.7. The van der Waals surface area contributed by atoms with Gasteiger partial charge in [0.05, 0.1) is 0 Å². The molecule has 3 heteroatoms. The zero-order valence-electron chi connectivity index (χ0n) is 11.0. The standard InChI is InChI=1S/C12H17NO2.C2H6/c1-2-6-11(13)12(14)15-9-10-7-4-3-5-8-10;1-2/h3-5,7-8,11H,2,6,9,13H2,1H3;1-2H3/t11-;/m0./s1. The molecule has 1 rings (SSSR count). The molecule has 1 aromatic carbocycles. The summed E-state index contributed by atoms with van der Waals surface area (Å²) in [5.41, 5.74) is 6.60. The number of benzene rings is 1. The van der Waals surface area contributed by atoms with E-state index in [9.17, 15) is 4.79 Å². The van der Waals surface area contributed by atoms with Crippen molar-refractivity contribution in [2.24, 2.45) is 5.73 Å². The molecular formula is C14H23NO2. The Labute approximate surface area is 104 Å². The van der Waals surface area contributed by atoms with Gasteiger partial charge in [0.15, 0.2) is 0 Å². The molecule has 0 saturated heterocycles. The largest absolute Gasteiger partial charge is 0.460 e. The zero-order chi connectivity index (χ0) is 13.1. The summed E-state index contributed by atoms with van der Waals surface area (Å²) >= 11 is 0. The van der Waals surface area contributed by atoms with Gasteiger partial charge in [0.25, 0.3) is 0 Å². The molecule has 96 valence electrons. The normalized spacial score (nSPS) is 11.1. The third kappa shape index (κ3) is 6.74. The number of hydrogen-bond donors (Lipinski definition) is 1. The summed E-state index contributed by atoms with van der Waals surface area (Å²) in [4.78, 5) is 11.4. The molecule has 0 aliphatic carbocycles. The second-order valence-corrected chi connectivity index (χ2v) is 3.49. The van der Waals surface area contributed by atoms with Gasteiger partial charge in [0.2, 0.25) is 0 Å². The first-order valence-corrected chi connectivity index (χ1v) is 6.20. The summed E-state index contributed by atoms with van der Waals surface area (Å²) in [7, 11) is 0. The van der Waals surface area contributed by atoms with Crippen molar-refractivity contribution in [3.63, 3.8) is 0 Å². The van der Waals surface area contributed by atoms with Gasteiger partial charge in [0, 0.05) is 0 Å². The summed E-state index contributed by atoms with van der Waals surface area (Å²) in [5, 5.41) is 0. The Morgan fingerprint density at radius 3 is 2.41 bits per heavy atom. The van der Waals surface area contributed by atoms with Crippen molar-refractivity contribution in [3.05, 3.63) is 35.9 Å². The maximum absolute atomic E-state index is 11.4. The second kappa shape index (κ2) is 9.85. The molecular weight excluding hydrogens is 214 g/mol. The van der Waals surface area contributed by atoms with Crippen LogP contribution in [0.15, 0.2) is 30.3 Å². The Bertz CT molecular complexity index is 298. The van der Waals surface area contributed by atoms with E-state index in [0.717, 1.165) is 12.0 Å². The molecule has 1 aromatic rings.